The second kappa shape index (κ2) is 6.77. The summed E-state index contributed by atoms with van der Waals surface area (Å²) < 4.78 is 7.45. The molecule has 3 aromatic heterocycles. The summed E-state index contributed by atoms with van der Waals surface area (Å²) in [5.74, 6) is 1.25. The first-order valence-corrected chi connectivity index (χ1v) is 9.63. The molecule has 0 saturated carbocycles. The Morgan fingerprint density at radius 3 is 2.71 bits per heavy atom. The van der Waals surface area contributed by atoms with Crippen LogP contribution in [0.5, 0.6) is 0 Å². The first-order chi connectivity index (χ1) is 13.7. The molecule has 0 aliphatic carbocycles. The molecule has 0 spiro atoms. The van der Waals surface area contributed by atoms with Crippen LogP contribution in [0.1, 0.15) is 5.89 Å². The topological polar surface area (TPSA) is 102 Å². The van der Waals surface area contributed by atoms with E-state index in [1.54, 1.807) is 16.5 Å². The van der Waals surface area contributed by atoms with Crippen molar-refractivity contribution in [2.45, 2.75) is 10.9 Å². The Hall–Kier alpha value is -3.17. The van der Waals surface area contributed by atoms with Gasteiger partial charge in [-0.25, -0.2) is 0 Å². The van der Waals surface area contributed by atoms with Crippen molar-refractivity contribution in [3.63, 3.8) is 0 Å². The molecule has 0 atom stereocenters. The number of benzene rings is 2. The Labute approximate surface area is 166 Å². The summed E-state index contributed by atoms with van der Waals surface area (Å²) >= 11 is 7.27. The van der Waals surface area contributed by atoms with E-state index in [4.69, 9.17) is 16.0 Å². The summed E-state index contributed by atoms with van der Waals surface area (Å²) in [5.41, 5.74) is 2.27. The third kappa shape index (κ3) is 2.94. The number of hydrogen-bond acceptors (Lipinski definition) is 7. The number of aromatic nitrogens is 6. The van der Waals surface area contributed by atoms with E-state index in [0.717, 1.165) is 11.1 Å². The molecule has 0 radical (unpaired) electrons. The lowest BCUT2D eigenvalue weighted by atomic mass is 10.2. The van der Waals surface area contributed by atoms with E-state index in [1.807, 2.05) is 36.4 Å². The van der Waals surface area contributed by atoms with Crippen molar-refractivity contribution < 1.29 is 4.42 Å². The van der Waals surface area contributed by atoms with Crippen LogP contribution < -0.4 is 5.56 Å². The van der Waals surface area contributed by atoms with Gasteiger partial charge in [0.25, 0.3) is 5.56 Å². The van der Waals surface area contributed by atoms with E-state index in [2.05, 4.69) is 25.4 Å². The lowest BCUT2D eigenvalue weighted by Gasteiger charge is -2.03. The molecule has 5 rings (SSSR count). The van der Waals surface area contributed by atoms with Gasteiger partial charge in [-0.15, -0.1) is 20.4 Å². The summed E-state index contributed by atoms with van der Waals surface area (Å²) in [4.78, 5) is 15.0. The van der Waals surface area contributed by atoms with Gasteiger partial charge in [-0.2, -0.15) is 0 Å². The molecule has 8 nitrogen and oxygen atoms in total. The maximum absolute atomic E-state index is 12.2. The second-order valence-corrected chi connectivity index (χ2v) is 7.29. The van der Waals surface area contributed by atoms with Crippen molar-refractivity contribution in [2.75, 3.05) is 0 Å². The molecule has 0 fully saturated rings. The van der Waals surface area contributed by atoms with Crippen LogP contribution in [0.4, 0.5) is 0 Å². The second-order valence-electron chi connectivity index (χ2n) is 5.91. The van der Waals surface area contributed by atoms with Crippen LogP contribution in [0.25, 0.3) is 28.1 Å². The van der Waals surface area contributed by atoms with Crippen molar-refractivity contribution in [3.05, 3.63) is 69.8 Å². The zero-order chi connectivity index (χ0) is 19.1. The number of hydrogen-bond donors (Lipinski definition) is 1. The number of nitrogens with one attached hydrogen (secondary N) is 1. The van der Waals surface area contributed by atoms with Gasteiger partial charge < -0.3 is 9.40 Å². The quantitative estimate of drug-likeness (QED) is 0.452. The Morgan fingerprint density at radius 1 is 1.04 bits per heavy atom. The molecular weight excluding hydrogens is 400 g/mol. The summed E-state index contributed by atoms with van der Waals surface area (Å²) in [7, 11) is 0. The van der Waals surface area contributed by atoms with Gasteiger partial charge in [0.1, 0.15) is 0 Å². The van der Waals surface area contributed by atoms with Gasteiger partial charge in [0.2, 0.25) is 17.4 Å². The fraction of sp³-hybridized carbons (Fsp3) is 0.0556. The molecule has 0 aliphatic rings. The lowest BCUT2D eigenvalue weighted by Crippen LogP contribution is -2.11. The maximum atomic E-state index is 12.2. The average Bonchev–Trinajstić information content (AvgIpc) is 3.35. The van der Waals surface area contributed by atoms with Gasteiger partial charge in [-0.1, -0.05) is 35.5 Å². The molecule has 5 aromatic rings. The van der Waals surface area contributed by atoms with E-state index in [1.165, 1.54) is 11.8 Å². The number of para-hydroxylation sites is 2. The zero-order valence-electron chi connectivity index (χ0n) is 14.2. The van der Waals surface area contributed by atoms with E-state index in [0.29, 0.717) is 33.2 Å². The minimum Gasteiger partial charge on any atom is -0.420 e. The minimum atomic E-state index is -0.291. The number of thioether (sulfide) groups is 1. The molecule has 0 unspecified atom stereocenters. The summed E-state index contributed by atoms with van der Waals surface area (Å²) in [5, 5.41) is 17.5. The molecule has 10 heteroatoms. The van der Waals surface area contributed by atoms with Crippen molar-refractivity contribution in [1.29, 1.82) is 0 Å². The smallest absolute Gasteiger partial charge is 0.294 e. The molecule has 3 heterocycles. The Kier molecular flexibility index (Phi) is 4.10. The van der Waals surface area contributed by atoms with Crippen LogP contribution in [-0.2, 0) is 5.75 Å². The van der Waals surface area contributed by atoms with Gasteiger partial charge in [0.05, 0.1) is 16.8 Å². The van der Waals surface area contributed by atoms with Gasteiger partial charge in [-0.3, -0.25) is 9.20 Å². The van der Waals surface area contributed by atoms with Crippen LogP contribution >= 0.6 is 23.4 Å². The van der Waals surface area contributed by atoms with Crippen molar-refractivity contribution in [3.8, 4) is 11.5 Å². The number of halogens is 1. The lowest BCUT2D eigenvalue weighted by molar-refractivity contribution is 0.528. The summed E-state index contributed by atoms with van der Waals surface area (Å²) in [6, 6.07) is 14.6. The van der Waals surface area contributed by atoms with Crippen LogP contribution in [0.3, 0.4) is 0 Å². The normalized spacial score (nSPS) is 11.5. The van der Waals surface area contributed by atoms with Gasteiger partial charge in [0.15, 0.2) is 5.16 Å². The predicted octanol–water partition coefficient (Wildman–Crippen LogP) is 3.57. The molecule has 0 saturated heterocycles. The Bertz CT molecular complexity index is 1360. The van der Waals surface area contributed by atoms with Crippen molar-refractivity contribution in [1.82, 2.24) is 29.8 Å². The van der Waals surface area contributed by atoms with Crippen LogP contribution in [-0.4, -0.2) is 29.8 Å². The average molecular weight is 411 g/mol. The first-order valence-electron chi connectivity index (χ1n) is 8.26. The van der Waals surface area contributed by atoms with Crippen molar-refractivity contribution in [2.24, 2.45) is 0 Å². The molecule has 0 aliphatic heterocycles. The molecule has 2 aromatic carbocycles. The van der Waals surface area contributed by atoms with E-state index in [9.17, 15) is 4.79 Å². The molecule has 0 bridgehead atoms. The van der Waals surface area contributed by atoms with E-state index >= 15 is 0 Å². The zero-order valence-corrected chi connectivity index (χ0v) is 15.7. The van der Waals surface area contributed by atoms with Crippen LogP contribution in [0.15, 0.2) is 62.9 Å². The highest BCUT2D eigenvalue weighted by Gasteiger charge is 2.15. The standard InChI is InChI=1S/C18H11ClN6O2S/c19-11-7-5-10(6-8-11)17-23-21-14(27-17)9-28-18-24-22-15-16(26)20-12-3-1-2-4-13(12)25(15)18/h1-8H,9H2,(H,20,26). The van der Waals surface area contributed by atoms with Gasteiger partial charge >= 0.3 is 0 Å². The van der Waals surface area contributed by atoms with Crippen LogP contribution in [0, 0.1) is 0 Å². The highest BCUT2D eigenvalue weighted by atomic mass is 35.5. The number of H-pyrrole nitrogens is 1. The Morgan fingerprint density at radius 2 is 1.86 bits per heavy atom. The first kappa shape index (κ1) is 17.0. The van der Waals surface area contributed by atoms with Gasteiger partial charge in [0, 0.05) is 10.6 Å². The van der Waals surface area contributed by atoms with E-state index < -0.39 is 0 Å². The number of aromatic amines is 1. The predicted molar refractivity (Wildman–Crippen MR) is 105 cm³/mol. The number of rotatable bonds is 4. The van der Waals surface area contributed by atoms with Gasteiger partial charge in [-0.05, 0) is 36.4 Å². The maximum Gasteiger partial charge on any atom is 0.294 e. The van der Waals surface area contributed by atoms with E-state index in [-0.39, 0.29) is 11.2 Å². The molecular formula is C18H11ClN6O2S. The monoisotopic (exact) mass is 410 g/mol. The van der Waals surface area contributed by atoms with Crippen molar-refractivity contribution >= 4 is 40.0 Å². The largest absolute Gasteiger partial charge is 0.420 e. The third-order valence-corrected chi connectivity index (χ3v) is 5.28. The number of fused-ring (bicyclic) bond motifs is 3. The third-order valence-electron chi connectivity index (χ3n) is 4.11. The molecule has 1 N–H and O–H groups in total. The fourth-order valence-corrected chi connectivity index (χ4v) is 3.74. The highest BCUT2D eigenvalue weighted by Crippen LogP contribution is 2.25. The molecule has 28 heavy (non-hydrogen) atoms. The Balaban J connectivity index is 1.45. The molecule has 138 valence electrons. The summed E-state index contributed by atoms with van der Waals surface area (Å²) in [6.07, 6.45) is 0. The number of nitrogens with zero attached hydrogens (tertiary/aromatic N) is 5. The highest BCUT2D eigenvalue weighted by molar-refractivity contribution is 7.98. The fourth-order valence-electron chi connectivity index (χ4n) is 2.83. The summed E-state index contributed by atoms with van der Waals surface area (Å²) in [6.45, 7) is 0. The van der Waals surface area contributed by atoms with Crippen LogP contribution in [0.2, 0.25) is 5.02 Å². The SMILES string of the molecule is O=c1[nH]c2ccccc2n2c(SCc3nnc(-c4ccc(Cl)cc4)o3)nnc12. The minimum absolute atomic E-state index is 0.244. The molecule has 0 amide bonds.